The average molecular weight is 260 g/mol. The summed E-state index contributed by atoms with van der Waals surface area (Å²) < 4.78 is 0. The molecule has 19 heavy (non-hydrogen) atoms. The van der Waals surface area contributed by atoms with Crippen molar-refractivity contribution in [3.8, 4) is 0 Å². The van der Waals surface area contributed by atoms with Gasteiger partial charge in [-0.3, -0.25) is 0 Å². The Balaban J connectivity index is 1.46. The lowest BCUT2D eigenvalue weighted by Crippen LogP contribution is -2.51. The Bertz CT molecular complexity index is 367. The van der Waals surface area contributed by atoms with E-state index in [1.165, 1.54) is 32.2 Å². The highest BCUT2D eigenvalue weighted by atomic mass is 15.2. The van der Waals surface area contributed by atoms with Crippen LogP contribution in [0, 0.1) is 0 Å². The summed E-state index contributed by atoms with van der Waals surface area (Å²) in [5, 5.41) is 7.30. The highest BCUT2D eigenvalue weighted by Crippen LogP contribution is 2.18. The molecular formula is C15H24N4. The van der Waals surface area contributed by atoms with Crippen LogP contribution in [0.3, 0.4) is 0 Å². The number of rotatable bonds is 3. The van der Waals surface area contributed by atoms with E-state index in [-0.39, 0.29) is 0 Å². The number of aromatic nitrogens is 1. The largest absolute Gasteiger partial charge is 0.357 e. The van der Waals surface area contributed by atoms with E-state index in [1.54, 1.807) is 0 Å². The van der Waals surface area contributed by atoms with Crippen LogP contribution in [0.15, 0.2) is 24.4 Å². The molecule has 1 aromatic rings. The van der Waals surface area contributed by atoms with Crippen molar-refractivity contribution < 1.29 is 0 Å². The molecule has 4 nitrogen and oxygen atoms in total. The van der Waals surface area contributed by atoms with Crippen molar-refractivity contribution in [2.24, 2.45) is 0 Å². The molecule has 2 saturated heterocycles. The second-order valence-corrected chi connectivity index (χ2v) is 5.66. The van der Waals surface area contributed by atoms with Gasteiger partial charge in [-0.15, -0.1) is 0 Å². The molecule has 0 amide bonds. The predicted molar refractivity (Wildman–Crippen MR) is 78.5 cm³/mol. The number of pyridine rings is 1. The molecule has 2 aliphatic heterocycles. The summed E-state index contributed by atoms with van der Waals surface area (Å²) in [5.74, 6) is 1.13. The zero-order valence-electron chi connectivity index (χ0n) is 11.5. The van der Waals surface area contributed by atoms with Crippen molar-refractivity contribution in [1.82, 2.24) is 15.6 Å². The minimum atomic E-state index is 0.681. The fourth-order valence-corrected chi connectivity index (χ4v) is 3.14. The predicted octanol–water partition coefficient (Wildman–Crippen LogP) is 1.39. The van der Waals surface area contributed by atoms with E-state index in [4.69, 9.17) is 0 Å². The van der Waals surface area contributed by atoms with Gasteiger partial charge in [0, 0.05) is 37.9 Å². The van der Waals surface area contributed by atoms with Gasteiger partial charge in [-0.25, -0.2) is 4.98 Å². The number of nitrogens with one attached hydrogen (secondary N) is 2. The molecule has 0 aliphatic carbocycles. The van der Waals surface area contributed by atoms with Gasteiger partial charge in [0.2, 0.25) is 0 Å². The van der Waals surface area contributed by atoms with Crippen molar-refractivity contribution in [3.05, 3.63) is 24.4 Å². The SMILES string of the molecule is c1ccc(N2CCC(NC3CCCNC3)CC2)nc1. The first kappa shape index (κ1) is 12.9. The van der Waals surface area contributed by atoms with Gasteiger partial charge in [-0.05, 0) is 44.4 Å². The molecule has 1 atom stereocenters. The monoisotopic (exact) mass is 260 g/mol. The van der Waals surface area contributed by atoms with Gasteiger partial charge in [-0.2, -0.15) is 0 Å². The Morgan fingerprint density at radius 2 is 2.05 bits per heavy atom. The Labute approximate surface area is 115 Å². The maximum atomic E-state index is 4.44. The second-order valence-electron chi connectivity index (χ2n) is 5.66. The van der Waals surface area contributed by atoms with Gasteiger partial charge in [0.1, 0.15) is 5.82 Å². The lowest BCUT2D eigenvalue weighted by atomic mass is 10.0. The highest BCUT2D eigenvalue weighted by molar-refractivity contribution is 5.38. The Morgan fingerprint density at radius 3 is 2.74 bits per heavy atom. The van der Waals surface area contributed by atoms with Crippen molar-refractivity contribution in [2.45, 2.75) is 37.8 Å². The maximum Gasteiger partial charge on any atom is 0.128 e. The molecule has 0 bridgehead atoms. The summed E-state index contributed by atoms with van der Waals surface area (Å²) in [7, 11) is 0. The molecule has 0 spiro atoms. The minimum Gasteiger partial charge on any atom is -0.357 e. The molecule has 0 radical (unpaired) electrons. The topological polar surface area (TPSA) is 40.2 Å². The van der Waals surface area contributed by atoms with Crippen molar-refractivity contribution in [2.75, 3.05) is 31.1 Å². The summed E-state index contributed by atoms with van der Waals surface area (Å²) in [5.41, 5.74) is 0. The van der Waals surface area contributed by atoms with Crippen LogP contribution in [0.5, 0.6) is 0 Å². The van der Waals surface area contributed by atoms with E-state index < -0.39 is 0 Å². The molecule has 3 heterocycles. The average Bonchev–Trinajstić information content (AvgIpc) is 2.50. The molecule has 2 N–H and O–H groups in total. The summed E-state index contributed by atoms with van der Waals surface area (Å²) >= 11 is 0. The number of hydrogen-bond acceptors (Lipinski definition) is 4. The Morgan fingerprint density at radius 1 is 1.16 bits per heavy atom. The summed E-state index contributed by atoms with van der Waals surface area (Å²) in [6.07, 6.45) is 6.98. The van der Waals surface area contributed by atoms with Crippen LogP contribution in [0.1, 0.15) is 25.7 Å². The molecule has 0 saturated carbocycles. The van der Waals surface area contributed by atoms with E-state index in [9.17, 15) is 0 Å². The fourth-order valence-electron chi connectivity index (χ4n) is 3.14. The van der Waals surface area contributed by atoms with E-state index in [0.29, 0.717) is 12.1 Å². The number of piperidine rings is 2. The molecule has 1 aromatic heterocycles. The third-order valence-corrected chi connectivity index (χ3v) is 4.24. The van der Waals surface area contributed by atoms with Gasteiger partial charge >= 0.3 is 0 Å². The first-order valence-electron chi connectivity index (χ1n) is 7.54. The zero-order chi connectivity index (χ0) is 12.9. The first-order chi connectivity index (χ1) is 9.42. The van der Waals surface area contributed by atoms with E-state index in [0.717, 1.165) is 25.5 Å². The summed E-state index contributed by atoms with van der Waals surface area (Å²) in [6, 6.07) is 7.53. The lowest BCUT2D eigenvalue weighted by Gasteiger charge is -2.36. The Kier molecular flexibility index (Phi) is 4.30. The van der Waals surface area contributed by atoms with Gasteiger partial charge in [-0.1, -0.05) is 6.07 Å². The van der Waals surface area contributed by atoms with E-state index in [1.807, 2.05) is 12.3 Å². The Hall–Kier alpha value is -1.13. The second kappa shape index (κ2) is 6.35. The van der Waals surface area contributed by atoms with Gasteiger partial charge in [0.15, 0.2) is 0 Å². The standard InChI is InChI=1S/C15H24N4/c1-2-9-17-15(5-1)19-10-6-13(7-11-19)18-14-4-3-8-16-12-14/h1-2,5,9,13-14,16,18H,3-4,6-8,10-12H2. The molecule has 3 rings (SSSR count). The summed E-state index contributed by atoms with van der Waals surface area (Å²) in [6.45, 7) is 4.57. The van der Waals surface area contributed by atoms with E-state index >= 15 is 0 Å². The van der Waals surface area contributed by atoms with Crippen LogP contribution < -0.4 is 15.5 Å². The molecular weight excluding hydrogens is 236 g/mol. The van der Waals surface area contributed by atoms with Gasteiger partial charge in [0.05, 0.1) is 0 Å². The van der Waals surface area contributed by atoms with Crippen LogP contribution in [0.4, 0.5) is 5.82 Å². The van der Waals surface area contributed by atoms with Crippen molar-refractivity contribution in [3.63, 3.8) is 0 Å². The fraction of sp³-hybridized carbons (Fsp3) is 0.667. The van der Waals surface area contributed by atoms with E-state index in [2.05, 4.69) is 32.7 Å². The number of nitrogens with zero attached hydrogens (tertiary/aromatic N) is 2. The van der Waals surface area contributed by atoms with Gasteiger partial charge in [0.25, 0.3) is 0 Å². The minimum absolute atomic E-state index is 0.681. The molecule has 0 aromatic carbocycles. The highest BCUT2D eigenvalue weighted by Gasteiger charge is 2.23. The molecule has 1 unspecified atom stereocenters. The van der Waals surface area contributed by atoms with Crippen LogP contribution >= 0.6 is 0 Å². The van der Waals surface area contributed by atoms with Crippen LogP contribution in [0.25, 0.3) is 0 Å². The first-order valence-corrected chi connectivity index (χ1v) is 7.54. The molecule has 4 heteroatoms. The third kappa shape index (κ3) is 3.45. The van der Waals surface area contributed by atoms with Gasteiger partial charge < -0.3 is 15.5 Å². The zero-order valence-corrected chi connectivity index (χ0v) is 11.5. The van der Waals surface area contributed by atoms with Crippen molar-refractivity contribution >= 4 is 5.82 Å². The quantitative estimate of drug-likeness (QED) is 0.862. The molecule has 2 fully saturated rings. The molecule has 2 aliphatic rings. The summed E-state index contributed by atoms with van der Waals surface area (Å²) in [4.78, 5) is 6.84. The lowest BCUT2D eigenvalue weighted by molar-refractivity contribution is 0.318. The number of anilines is 1. The third-order valence-electron chi connectivity index (χ3n) is 4.24. The van der Waals surface area contributed by atoms with Crippen LogP contribution in [-0.4, -0.2) is 43.2 Å². The maximum absolute atomic E-state index is 4.44. The number of hydrogen-bond donors (Lipinski definition) is 2. The van der Waals surface area contributed by atoms with Crippen molar-refractivity contribution in [1.29, 1.82) is 0 Å². The smallest absolute Gasteiger partial charge is 0.128 e. The molecule has 104 valence electrons. The van der Waals surface area contributed by atoms with Crippen LogP contribution in [0.2, 0.25) is 0 Å². The normalized spacial score (nSPS) is 25.5. The van der Waals surface area contributed by atoms with Crippen LogP contribution in [-0.2, 0) is 0 Å².